The third-order valence-corrected chi connectivity index (χ3v) is 3.77. The van der Waals surface area contributed by atoms with Crippen molar-refractivity contribution in [1.82, 2.24) is 4.98 Å². The topological polar surface area (TPSA) is 12.9 Å². The van der Waals surface area contributed by atoms with Crippen LogP contribution in [0.5, 0.6) is 0 Å². The molecule has 1 nitrogen and oxygen atoms in total. The lowest BCUT2D eigenvalue weighted by molar-refractivity contribution is 0.0385. The number of aromatic nitrogens is 1. The summed E-state index contributed by atoms with van der Waals surface area (Å²) in [5.74, 6) is -3.91. The Kier molecular flexibility index (Phi) is 4.89. The summed E-state index contributed by atoms with van der Waals surface area (Å²) in [7, 11) is 0. The van der Waals surface area contributed by atoms with E-state index in [2.05, 4.69) is 4.98 Å². The molecule has 0 aliphatic heterocycles. The van der Waals surface area contributed by atoms with Gasteiger partial charge in [-0.15, -0.1) is 0 Å². The van der Waals surface area contributed by atoms with E-state index in [1.807, 2.05) is 20.8 Å². The lowest BCUT2D eigenvalue weighted by Gasteiger charge is -2.21. The average Bonchev–Trinajstić information content (AvgIpc) is 2.47. The first-order chi connectivity index (χ1) is 10.3. The molecular weight excluding hydrogens is 287 g/mol. The van der Waals surface area contributed by atoms with E-state index in [-0.39, 0.29) is 11.5 Å². The Morgan fingerprint density at radius 2 is 1.68 bits per heavy atom. The van der Waals surface area contributed by atoms with Crippen molar-refractivity contribution in [2.45, 2.75) is 39.0 Å². The van der Waals surface area contributed by atoms with E-state index in [0.29, 0.717) is 11.5 Å². The van der Waals surface area contributed by atoms with Gasteiger partial charge in [-0.25, -0.2) is 4.39 Å². The molecule has 1 aromatic heterocycles. The van der Waals surface area contributed by atoms with Gasteiger partial charge in [0, 0.05) is 18.0 Å². The van der Waals surface area contributed by atoms with Gasteiger partial charge < -0.3 is 0 Å². The number of hydrogen-bond donors (Lipinski definition) is 0. The third kappa shape index (κ3) is 3.32. The van der Waals surface area contributed by atoms with Crippen molar-refractivity contribution in [3.05, 3.63) is 65.2 Å². The molecule has 0 radical (unpaired) electrons. The number of hydrogen-bond acceptors (Lipinski definition) is 1. The molecule has 1 unspecified atom stereocenters. The smallest absolute Gasteiger partial charge is 0.265 e. The van der Waals surface area contributed by atoms with E-state index >= 15 is 0 Å². The van der Waals surface area contributed by atoms with Crippen LogP contribution in [0.1, 0.15) is 49.8 Å². The van der Waals surface area contributed by atoms with E-state index in [0.717, 1.165) is 12.5 Å². The minimum Gasteiger partial charge on any atom is -0.265 e. The van der Waals surface area contributed by atoms with Gasteiger partial charge in [-0.3, -0.25) is 4.98 Å². The Morgan fingerprint density at radius 1 is 1.05 bits per heavy atom. The predicted octanol–water partition coefficient (Wildman–Crippen LogP) is 5.51. The van der Waals surface area contributed by atoms with Crippen LogP contribution in [0.3, 0.4) is 0 Å². The van der Waals surface area contributed by atoms with E-state index in [1.165, 1.54) is 30.6 Å². The zero-order valence-corrected chi connectivity index (χ0v) is 13.0. The zero-order chi connectivity index (χ0) is 16.3. The normalized spacial score (nSPS) is 13.4. The third-order valence-electron chi connectivity index (χ3n) is 3.77. The van der Waals surface area contributed by atoms with E-state index in [9.17, 15) is 13.2 Å². The molecule has 0 spiro atoms. The molecule has 0 saturated carbocycles. The molecule has 2 aromatic rings. The Hall–Kier alpha value is -1.84. The molecule has 1 aromatic carbocycles. The fourth-order valence-electron chi connectivity index (χ4n) is 2.72. The highest BCUT2D eigenvalue weighted by molar-refractivity contribution is 5.37. The van der Waals surface area contributed by atoms with Crippen molar-refractivity contribution >= 4 is 0 Å². The fourth-order valence-corrected chi connectivity index (χ4v) is 2.72. The number of nitrogens with zero attached hydrogens (tertiary/aromatic N) is 1. The largest absolute Gasteiger partial charge is 0.301 e. The van der Waals surface area contributed by atoms with Gasteiger partial charge in [-0.05, 0) is 42.0 Å². The van der Waals surface area contributed by atoms with Crippen molar-refractivity contribution in [3.8, 4) is 0 Å². The van der Waals surface area contributed by atoms with Crippen LogP contribution in [0.25, 0.3) is 0 Å². The van der Waals surface area contributed by atoms with Gasteiger partial charge in [0.1, 0.15) is 5.82 Å². The van der Waals surface area contributed by atoms with Gasteiger partial charge in [0.15, 0.2) is 0 Å². The Balaban J connectivity index is 2.44. The number of benzene rings is 1. The maximum Gasteiger partial charge on any atom is 0.301 e. The van der Waals surface area contributed by atoms with Crippen LogP contribution >= 0.6 is 0 Å². The van der Waals surface area contributed by atoms with Crippen molar-refractivity contribution in [2.24, 2.45) is 5.92 Å². The predicted molar refractivity (Wildman–Crippen MR) is 81.5 cm³/mol. The Labute approximate surface area is 129 Å². The number of alkyl halides is 2. The number of halogens is 3. The second-order valence-corrected chi connectivity index (χ2v) is 6.05. The van der Waals surface area contributed by atoms with E-state index < -0.39 is 17.3 Å². The summed E-state index contributed by atoms with van der Waals surface area (Å²) in [6.45, 7) is 5.93. The van der Waals surface area contributed by atoms with Gasteiger partial charge >= 0.3 is 5.92 Å². The maximum absolute atomic E-state index is 14.7. The molecule has 0 aliphatic carbocycles. The minimum atomic E-state index is -3.37. The van der Waals surface area contributed by atoms with Crippen LogP contribution in [0, 0.1) is 11.7 Å². The standard InChI is InChI=1S/C18H20F3N/c1-12(2)11-13(3)15-5-4-6-16(17(15)19)18(20,21)14-7-9-22-10-8-14/h4-10,12-13H,11H2,1-3H3. The molecule has 0 aliphatic rings. The highest BCUT2D eigenvalue weighted by Crippen LogP contribution is 2.39. The molecule has 118 valence electrons. The van der Waals surface area contributed by atoms with Crippen LogP contribution in [0.4, 0.5) is 13.2 Å². The van der Waals surface area contributed by atoms with Gasteiger partial charge in [-0.1, -0.05) is 32.9 Å². The van der Waals surface area contributed by atoms with Crippen LogP contribution in [-0.4, -0.2) is 4.98 Å². The maximum atomic E-state index is 14.7. The summed E-state index contributed by atoms with van der Waals surface area (Å²) in [5, 5.41) is 0. The highest BCUT2D eigenvalue weighted by Gasteiger charge is 2.37. The molecular formula is C18H20F3N. The number of rotatable bonds is 5. The molecule has 4 heteroatoms. The summed E-state index contributed by atoms with van der Waals surface area (Å²) >= 11 is 0. The summed E-state index contributed by atoms with van der Waals surface area (Å²) in [6.07, 6.45) is 3.32. The first-order valence-electron chi connectivity index (χ1n) is 7.41. The SMILES string of the molecule is CC(C)CC(C)c1cccc(C(F)(F)c2ccncc2)c1F. The van der Waals surface area contributed by atoms with Crippen LogP contribution in [0.15, 0.2) is 42.7 Å². The lowest BCUT2D eigenvalue weighted by atomic mass is 9.89. The minimum absolute atomic E-state index is 0.104. The van der Waals surface area contributed by atoms with Gasteiger partial charge in [-0.2, -0.15) is 8.78 Å². The highest BCUT2D eigenvalue weighted by atomic mass is 19.3. The Morgan fingerprint density at radius 3 is 2.27 bits per heavy atom. The fraction of sp³-hybridized carbons (Fsp3) is 0.389. The van der Waals surface area contributed by atoms with Crippen molar-refractivity contribution in [3.63, 3.8) is 0 Å². The average molecular weight is 307 g/mol. The second kappa shape index (κ2) is 6.51. The second-order valence-electron chi connectivity index (χ2n) is 6.05. The van der Waals surface area contributed by atoms with Gasteiger partial charge in [0.05, 0.1) is 5.56 Å². The van der Waals surface area contributed by atoms with E-state index in [1.54, 1.807) is 6.07 Å². The molecule has 0 N–H and O–H groups in total. The molecule has 1 atom stereocenters. The van der Waals surface area contributed by atoms with Crippen molar-refractivity contribution in [1.29, 1.82) is 0 Å². The van der Waals surface area contributed by atoms with Gasteiger partial charge in [0.25, 0.3) is 0 Å². The molecule has 0 bridgehead atoms. The van der Waals surface area contributed by atoms with E-state index in [4.69, 9.17) is 0 Å². The first-order valence-corrected chi connectivity index (χ1v) is 7.41. The molecule has 22 heavy (non-hydrogen) atoms. The van der Waals surface area contributed by atoms with Gasteiger partial charge in [0.2, 0.25) is 0 Å². The van der Waals surface area contributed by atoms with Crippen molar-refractivity contribution in [2.75, 3.05) is 0 Å². The summed E-state index contributed by atoms with van der Waals surface area (Å²) in [6, 6.07) is 6.67. The summed E-state index contributed by atoms with van der Waals surface area (Å²) < 4.78 is 43.8. The monoisotopic (exact) mass is 307 g/mol. The summed E-state index contributed by atoms with van der Waals surface area (Å²) in [5.41, 5.74) is -0.484. The molecule has 0 saturated heterocycles. The molecule has 0 amide bonds. The molecule has 1 heterocycles. The Bertz CT molecular complexity index is 623. The van der Waals surface area contributed by atoms with Crippen LogP contribution < -0.4 is 0 Å². The zero-order valence-electron chi connectivity index (χ0n) is 13.0. The quantitative estimate of drug-likeness (QED) is 0.709. The van der Waals surface area contributed by atoms with Crippen LogP contribution in [-0.2, 0) is 5.92 Å². The molecule has 2 rings (SSSR count). The first kappa shape index (κ1) is 16.5. The number of pyridine rings is 1. The lowest BCUT2D eigenvalue weighted by Crippen LogP contribution is -2.18. The summed E-state index contributed by atoms with van der Waals surface area (Å²) in [4.78, 5) is 3.73. The van der Waals surface area contributed by atoms with Crippen LogP contribution in [0.2, 0.25) is 0 Å². The molecule has 0 fully saturated rings. The van der Waals surface area contributed by atoms with Crippen molar-refractivity contribution < 1.29 is 13.2 Å².